The zero-order valence-corrected chi connectivity index (χ0v) is 12.3. The minimum Gasteiger partial charge on any atom is -0.341 e. The smallest absolute Gasteiger partial charge is 0.272 e. The summed E-state index contributed by atoms with van der Waals surface area (Å²) in [5, 5.41) is 6.05. The number of aromatic nitrogens is 3. The first-order valence-corrected chi connectivity index (χ1v) is 7.53. The SMILES string of the molecule is Cc1cnc(C(=O)N[C@@H](c2nc(C)cs2)C2CC2)cn1. The Kier molecular flexibility index (Phi) is 3.48. The predicted octanol–water partition coefficient (Wildman–Crippen LogP) is 2.43. The van der Waals surface area contributed by atoms with Crippen molar-refractivity contribution in [3.63, 3.8) is 0 Å². The van der Waals surface area contributed by atoms with Gasteiger partial charge in [-0.2, -0.15) is 0 Å². The second-order valence-electron chi connectivity index (χ2n) is 5.16. The van der Waals surface area contributed by atoms with Crippen molar-refractivity contribution in [3.05, 3.63) is 39.9 Å². The molecule has 1 saturated carbocycles. The van der Waals surface area contributed by atoms with Crippen LogP contribution >= 0.6 is 11.3 Å². The predicted molar refractivity (Wildman–Crippen MR) is 76.6 cm³/mol. The second kappa shape index (κ2) is 5.28. The summed E-state index contributed by atoms with van der Waals surface area (Å²) in [5.41, 5.74) is 2.16. The summed E-state index contributed by atoms with van der Waals surface area (Å²) in [5.74, 6) is 0.324. The van der Waals surface area contributed by atoms with Gasteiger partial charge in [-0.15, -0.1) is 11.3 Å². The van der Waals surface area contributed by atoms with E-state index in [1.807, 2.05) is 19.2 Å². The number of aryl methyl sites for hydroxylation is 2. The number of carbonyl (C=O) groups is 1. The number of nitrogens with one attached hydrogen (secondary N) is 1. The Bertz CT molecular complexity index is 618. The largest absolute Gasteiger partial charge is 0.341 e. The average Bonchev–Trinajstić information content (AvgIpc) is 3.18. The number of rotatable bonds is 4. The molecule has 0 saturated heterocycles. The van der Waals surface area contributed by atoms with Gasteiger partial charge in [-0.25, -0.2) is 9.97 Å². The van der Waals surface area contributed by atoms with Crippen LogP contribution in [0.15, 0.2) is 17.8 Å². The van der Waals surface area contributed by atoms with Gasteiger partial charge in [0.15, 0.2) is 0 Å². The summed E-state index contributed by atoms with van der Waals surface area (Å²) in [6.07, 6.45) is 5.41. The van der Waals surface area contributed by atoms with E-state index in [1.165, 1.54) is 6.20 Å². The van der Waals surface area contributed by atoms with Gasteiger partial charge in [0.1, 0.15) is 10.7 Å². The summed E-state index contributed by atoms with van der Waals surface area (Å²) in [4.78, 5) is 25.0. The van der Waals surface area contributed by atoms with Crippen molar-refractivity contribution in [1.82, 2.24) is 20.3 Å². The molecule has 2 aromatic rings. The second-order valence-corrected chi connectivity index (χ2v) is 6.05. The molecule has 0 spiro atoms. The lowest BCUT2D eigenvalue weighted by Crippen LogP contribution is -2.30. The molecule has 5 nitrogen and oxygen atoms in total. The molecule has 1 atom stereocenters. The highest BCUT2D eigenvalue weighted by molar-refractivity contribution is 7.09. The maximum absolute atomic E-state index is 12.2. The van der Waals surface area contributed by atoms with Crippen LogP contribution in [-0.2, 0) is 0 Å². The van der Waals surface area contributed by atoms with Crippen molar-refractivity contribution in [2.45, 2.75) is 32.7 Å². The molecule has 0 unspecified atom stereocenters. The van der Waals surface area contributed by atoms with E-state index in [-0.39, 0.29) is 11.9 Å². The van der Waals surface area contributed by atoms with Crippen LogP contribution < -0.4 is 5.32 Å². The fraction of sp³-hybridized carbons (Fsp3) is 0.429. The van der Waals surface area contributed by atoms with Gasteiger partial charge in [0.05, 0.1) is 17.9 Å². The first kappa shape index (κ1) is 13.2. The van der Waals surface area contributed by atoms with E-state index in [4.69, 9.17) is 0 Å². The van der Waals surface area contributed by atoms with Crippen LogP contribution in [0.3, 0.4) is 0 Å². The maximum Gasteiger partial charge on any atom is 0.272 e. The molecule has 2 aromatic heterocycles. The third-order valence-electron chi connectivity index (χ3n) is 3.30. The molecule has 1 amide bonds. The molecule has 0 bridgehead atoms. The minimum absolute atomic E-state index is 0.00398. The average molecular weight is 288 g/mol. The summed E-state index contributed by atoms with van der Waals surface area (Å²) >= 11 is 1.60. The quantitative estimate of drug-likeness (QED) is 0.938. The van der Waals surface area contributed by atoms with Crippen LogP contribution in [0.5, 0.6) is 0 Å². The fourth-order valence-corrected chi connectivity index (χ4v) is 2.99. The van der Waals surface area contributed by atoms with E-state index in [0.717, 1.165) is 29.2 Å². The topological polar surface area (TPSA) is 67.8 Å². The molecule has 0 radical (unpaired) electrons. The molecule has 1 aliphatic rings. The standard InChI is InChI=1S/C14H16N4OS/c1-8-5-16-11(6-15-8)13(19)18-12(10-3-4-10)14-17-9(2)7-20-14/h5-7,10,12H,3-4H2,1-2H3,(H,18,19)/t12-/m1/s1. The molecule has 104 valence electrons. The Balaban J connectivity index is 1.76. The van der Waals surface area contributed by atoms with Crippen molar-refractivity contribution in [2.75, 3.05) is 0 Å². The molecule has 3 rings (SSSR count). The van der Waals surface area contributed by atoms with Crippen LogP contribution in [0.1, 0.15) is 45.8 Å². The lowest BCUT2D eigenvalue weighted by Gasteiger charge is -2.15. The molecule has 6 heteroatoms. The van der Waals surface area contributed by atoms with E-state index in [9.17, 15) is 4.79 Å². The normalized spacial score (nSPS) is 15.9. The Morgan fingerprint density at radius 2 is 2.10 bits per heavy atom. The number of amides is 1. The molecule has 1 N–H and O–H groups in total. The van der Waals surface area contributed by atoms with Crippen molar-refractivity contribution in [1.29, 1.82) is 0 Å². The number of nitrogens with zero attached hydrogens (tertiary/aromatic N) is 3. The zero-order valence-electron chi connectivity index (χ0n) is 11.5. The lowest BCUT2D eigenvalue weighted by atomic mass is 10.2. The number of hydrogen-bond acceptors (Lipinski definition) is 5. The number of hydrogen-bond donors (Lipinski definition) is 1. The highest BCUT2D eigenvalue weighted by Gasteiger charge is 2.35. The Hall–Kier alpha value is -1.82. The lowest BCUT2D eigenvalue weighted by molar-refractivity contribution is 0.0926. The van der Waals surface area contributed by atoms with Gasteiger partial charge in [-0.1, -0.05) is 0 Å². The van der Waals surface area contributed by atoms with Gasteiger partial charge in [0.2, 0.25) is 0 Å². The van der Waals surface area contributed by atoms with Gasteiger partial charge in [0, 0.05) is 17.3 Å². The minimum atomic E-state index is -0.178. The molecule has 0 aromatic carbocycles. The monoisotopic (exact) mass is 288 g/mol. The van der Waals surface area contributed by atoms with Crippen LogP contribution in [0, 0.1) is 19.8 Å². The molecular weight excluding hydrogens is 272 g/mol. The third-order valence-corrected chi connectivity index (χ3v) is 4.34. The number of thiazole rings is 1. The van der Waals surface area contributed by atoms with Crippen molar-refractivity contribution in [3.8, 4) is 0 Å². The van der Waals surface area contributed by atoms with Crippen LogP contribution in [0.2, 0.25) is 0 Å². The fourth-order valence-electron chi connectivity index (χ4n) is 2.05. The maximum atomic E-state index is 12.2. The van der Waals surface area contributed by atoms with E-state index in [2.05, 4.69) is 20.3 Å². The van der Waals surface area contributed by atoms with Crippen LogP contribution in [-0.4, -0.2) is 20.9 Å². The van der Waals surface area contributed by atoms with Crippen molar-refractivity contribution < 1.29 is 4.79 Å². The molecule has 1 fully saturated rings. The Morgan fingerprint density at radius 3 is 2.65 bits per heavy atom. The van der Waals surface area contributed by atoms with Gasteiger partial charge in [-0.05, 0) is 32.6 Å². The first-order valence-electron chi connectivity index (χ1n) is 6.65. The van der Waals surface area contributed by atoms with Gasteiger partial charge < -0.3 is 5.32 Å². The van der Waals surface area contributed by atoms with Gasteiger partial charge >= 0.3 is 0 Å². The van der Waals surface area contributed by atoms with Crippen LogP contribution in [0.4, 0.5) is 0 Å². The molecule has 20 heavy (non-hydrogen) atoms. The van der Waals surface area contributed by atoms with Gasteiger partial charge in [0.25, 0.3) is 5.91 Å². The molecule has 1 aliphatic carbocycles. The molecule has 2 heterocycles. The van der Waals surface area contributed by atoms with Crippen LogP contribution in [0.25, 0.3) is 0 Å². The third kappa shape index (κ3) is 2.85. The summed E-state index contributed by atoms with van der Waals surface area (Å²) in [6.45, 7) is 3.82. The van der Waals surface area contributed by atoms with Crippen molar-refractivity contribution >= 4 is 17.2 Å². The van der Waals surface area contributed by atoms with E-state index in [0.29, 0.717) is 11.6 Å². The van der Waals surface area contributed by atoms with E-state index < -0.39 is 0 Å². The van der Waals surface area contributed by atoms with Crippen molar-refractivity contribution in [2.24, 2.45) is 5.92 Å². The Labute approximate surface area is 121 Å². The Morgan fingerprint density at radius 1 is 1.30 bits per heavy atom. The molecule has 0 aliphatic heterocycles. The number of carbonyl (C=O) groups excluding carboxylic acids is 1. The first-order chi connectivity index (χ1) is 9.63. The van der Waals surface area contributed by atoms with E-state index in [1.54, 1.807) is 17.5 Å². The molecular formula is C14H16N4OS. The summed E-state index contributed by atoms with van der Waals surface area (Å²) in [7, 11) is 0. The summed E-state index contributed by atoms with van der Waals surface area (Å²) < 4.78 is 0. The summed E-state index contributed by atoms with van der Waals surface area (Å²) in [6, 6.07) is 0.00398. The van der Waals surface area contributed by atoms with Gasteiger partial charge in [-0.3, -0.25) is 9.78 Å². The highest BCUT2D eigenvalue weighted by atomic mass is 32.1. The van der Waals surface area contributed by atoms with E-state index >= 15 is 0 Å². The highest BCUT2D eigenvalue weighted by Crippen LogP contribution is 2.41. The zero-order chi connectivity index (χ0) is 14.1.